The molecule has 1 N–H and O–H groups in total. The summed E-state index contributed by atoms with van der Waals surface area (Å²) in [5.41, 5.74) is 0. The highest BCUT2D eigenvalue weighted by Gasteiger charge is 1.95. The molecule has 0 aromatic heterocycles. The summed E-state index contributed by atoms with van der Waals surface area (Å²) in [6, 6.07) is 0. The molecular weight excluding hydrogens is 92.1 g/mol. The molecule has 0 spiro atoms. The minimum absolute atomic E-state index is 0.0556. The van der Waals surface area contributed by atoms with Gasteiger partial charge in [0.05, 0.1) is 12.7 Å². The van der Waals surface area contributed by atoms with Gasteiger partial charge < -0.3 is 9.85 Å². The second-order valence-corrected chi connectivity index (χ2v) is 1.49. The zero-order valence-corrected chi connectivity index (χ0v) is 4.81. The maximum absolute atomic E-state index is 6.48. The third-order valence-corrected chi connectivity index (χ3v) is 0.808. The average molecular weight is 106 g/mol. The molecule has 0 amide bonds. The Balaban J connectivity index is 3.07. The third kappa shape index (κ3) is 3.76. The van der Waals surface area contributed by atoms with Gasteiger partial charge in [-0.1, -0.05) is 6.92 Å². The van der Waals surface area contributed by atoms with E-state index in [1.807, 2.05) is 6.92 Å². The molecular formula is C5H12O2. The minimum Gasteiger partial charge on any atom is -0.391 e. The normalized spacial score (nSPS) is 16.0. The summed E-state index contributed by atoms with van der Waals surface area (Å²) in [7, 11) is 1.60. The van der Waals surface area contributed by atoms with Crippen molar-refractivity contribution >= 4 is 0 Å². The molecule has 0 radical (unpaired) electrons. The monoisotopic (exact) mass is 106 g/mol. The number of methoxy groups -OCH3 is 1. The van der Waals surface area contributed by atoms with Crippen LogP contribution in [0, 0.1) is 0 Å². The van der Waals surface area contributed by atoms with E-state index in [9.17, 15) is 0 Å². The molecule has 0 fully saturated rings. The molecule has 0 aromatic carbocycles. The highest BCUT2D eigenvalue weighted by molar-refractivity contribution is 4.45. The fraction of sp³-hybridized carbons (Fsp3) is 1.00. The Morgan fingerprint density at radius 2 is 2.71 bits per heavy atom. The molecule has 0 saturated heterocycles. The Labute approximate surface area is 45.6 Å². The minimum atomic E-state index is -0.0556. The Morgan fingerprint density at radius 3 is 2.86 bits per heavy atom. The van der Waals surface area contributed by atoms with E-state index in [-0.39, 0.29) is 6.10 Å². The molecule has 7 heavy (non-hydrogen) atoms. The zero-order chi connectivity index (χ0) is 6.41. The van der Waals surface area contributed by atoms with Crippen molar-refractivity contribution < 1.29 is 9.85 Å². The number of hydrogen-bond acceptors (Lipinski definition) is 2. The zero-order valence-electron chi connectivity index (χ0n) is 5.81. The van der Waals surface area contributed by atoms with Crippen LogP contribution in [0.3, 0.4) is 0 Å². The van der Waals surface area contributed by atoms with Gasteiger partial charge >= 0.3 is 0 Å². The molecule has 0 saturated carbocycles. The van der Waals surface area contributed by atoms with Crippen molar-refractivity contribution in [1.82, 2.24) is 0 Å². The fourth-order valence-electron chi connectivity index (χ4n) is 0.304. The van der Waals surface area contributed by atoms with Crippen molar-refractivity contribution in [3.63, 3.8) is 0 Å². The highest BCUT2D eigenvalue weighted by Crippen LogP contribution is 1.87. The quantitative estimate of drug-likeness (QED) is 0.562. The lowest BCUT2D eigenvalue weighted by Crippen LogP contribution is -2.11. The van der Waals surface area contributed by atoms with Crippen molar-refractivity contribution in [2.24, 2.45) is 0 Å². The first-order valence-electron chi connectivity index (χ1n) is 2.86. The SMILES string of the molecule is [3H]OC(CC)COC. The first-order valence-corrected chi connectivity index (χ1v) is 2.46. The van der Waals surface area contributed by atoms with E-state index in [1.165, 1.54) is 0 Å². The summed E-state index contributed by atoms with van der Waals surface area (Å²) in [5.74, 6) is 0. The molecule has 0 aliphatic heterocycles. The van der Waals surface area contributed by atoms with Gasteiger partial charge in [-0.3, -0.25) is 0 Å². The van der Waals surface area contributed by atoms with Crippen LogP contribution in [-0.4, -0.2) is 26.4 Å². The Hall–Kier alpha value is -0.0800. The van der Waals surface area contributed by atoms with E-state index < -0.39 is 0 Å². The van der Waals surface area contributed by atoms with Gasteiger partial charge in [0.2, 0.25) is 1.43 Å². The topological polar surface area (TPSA) is 29.5 Å². The summed E-state index contributed by atoms with van der Waals surface area (Å²) < 4.78 is 11.2. The first-order chi connectivity index (χ1) is 3.85. The van der Waals surface area contributed by atoms with Crippen LogP contribution in [0.2, 0.25) is 0 Å². The lowest BCUT2D eigenvalue weighted by atomic mass is 10.3. The van der Waals surface area contributed by atoms with Gasteiger partial charge in [0.25, 0.3) is 0 Å². The molecule has 2 heteroatoms. The van der Waals surface area contributed by atoms with Crippen LogP contribution in [0.5, 0.6) is 0 Å². The van der Waals surface area contributed by atoms with Gasteiger partial charge in [-0.05, 0) is 6.42 Å². The maximum atomic E-state index is 6.48. The van der Waals surface area contributed by atoms with Crippen LogP contribution in [0.25, 0.3) is 0 Å². The summed E-state index contributed by atoms with van der Waals surface area (Å²) in [6.07, 6.45) is 0.775. The van der Waals surface area contributed by atoms with Crippen molar-refractivity contribution in [2.75, 3.05) is 13.7 Å². The lowest BCUT2D eigenvalue weighted by Gasteiger charge is -2.02. The Kier molecular flexibility index (Phi) is 2.96. The molecule has 0 aliphatic rings. The summed E-state index contributed by atoms with van der Waals surface area (Å²) in [5, 5.41) is 4.26. The number of hydrogen-bond donors (Lipinski definition) is 1. The Morgan fingerprint density at radius 1 is 2.00 bits per heavy atom. The van der Waals surface area contributed by atoms with Crippen molar-refractivity contribution in [3.8, 4) is 0 Å². The second-order valence-electron chi connectivity index (χ2n) is 1.49. The van der Waals surface area contributed by atoms with Crippen LogP contribution in [-0.2, 0) is 4.74 Å². The van der Waals surface area contributed by atoms with Gasteiger partial charge in [0.15, 0.2) is 0 Å². The number of aliphatic hydroxyl groups is 1. The molecule has 2 nitrogen and oxygen atoms in total. The molecule has 0 aromatic rings. The molecule has 0 aliphatic carbocycles. The number of ether oxygens (including phenoxy) is 1. The molecule has 1 unspecified atom stereocenters. The average Bonchev–Trinajstić information content (AvgIpc) is 1.83. The third-order valence-electron chi connectivity index (χ3n) is 0.808. The predicted molar refractivity (Wildman–Crippen MR) is 28.2 cm³/mol. The van der Waals surface area contributed by atoms with Crippen molar-refractivity contribution in [2.45, 2.75) is 19.4 Å². The van der Waals surface area contributed by atoms with E-state index in [4.69, 9.17) is 6.17 Å². The van der Waals surface area contributed by atoms with Crippen LogP contribution >= 0.6 is 0 Å². The molecule has 0 rings (SSSR count). The van der Waals surface area contributed by atoms with Crippen LogP contribution in [0.4, 0.5) is 0 Å². The molecule has 44 valence electrons. The van der Waals surface area contributed by atoms with Gasteiger partial charge in [-0.15, -0.1) is 0 Å². The van der Waals surface area contributed by atoms with Crippen LogP contribution < -0.4 is 0 Å². The highest BCUT2D eigenvalue weighted by atomic mass is 16.5. The summed E-state index contributed by atoms with van der Waals surface area (Å²) >= 11 is 0. The molecule has 1 atom stereocenters. The molecule has 0 bridgehead atoms. The number of rotatable bonds is 4. The maximum Gasteiger partial charge on any atom is 0.211 e. The Bertz CT molecular complexity index is 45.7. The summed E-state index contributed by atoms with van der Waals surface area (Å²) in [4.78, 5) is 0. The standard InChI is InChI=1S/C5H12O2/c1-3-5(6)4-7-2/h5-6H,3-4H2,1-2H3/i6T. The smallest absolute Gasteiger partial charge is 0.211 e. The van der Waals surface area contributed by atoms with E-state index in [1.54, 1.807) is 7.11 Å². The van der Waals surface area contributed by atoms with Gasteiger partial charge in [0.1, 0.15) is 0 Å². The lowest BCUT2D eigenvalue weighted by molar-refractivity contribution is 0.0625. The first kappa shape index (κ1) is 5.06. The van der Waals surface area contributed by atoms with E-state index in [0.29, 0.717) is 6.61 Å². The van der Waals surface area contributed by atoms with E-state index in [0.717, 1.165) is 6.42 Å². The van der Waals surface area contributed by atoms with Crippen LogP contribution in [0.1, 0.15) is 13.3 Å². The van der Waals surface area contributed by atoms with Gasteiger partial charge in [-0.25, -0.2) is 0 Å². The van der Waals surface area contributed by atoms with Crippen LogP contribution in [0.15, 0.2) is 0 Å². The fourth-order valence-corrected chi connectivity index (χ4v) is 0.304. The number of aliphatic hydroxyl groups excluding tert-OH is 1. The van der Waals surface area contributed by atoms with E-state index in [2.05, 4.69) is 5.11 Å². The van der Waals surface area contributed by atoms with Crippen molar-refractivity contribution in [3.05, 3.63) is 0 Å². The van der Waals surface area contributed by atoms with E-state index >= 15 is 0 Å². The second kappa shape index (κ2) is 4.09. The predicted octanol–water partition coefficient (Wildman–Crippen LogP) is 0.404. The van der Waals surface area contributed by atoms with Gasteiger partial charge in [0, 0.05) is 7.11 Å². The molecule has 0 heterocycles. The summed E-state index contributed by atoms with van der Waals surface area (Å²) in [6.45, 7) is 2.47. The van der Waals surface area contributed by atoms with Crippen molar-refractivity contribution in [1.29, 1.82) is 1.43 Å². The van der Waals surface area contributed by atoms with Gasteiger partial charge in [-0.2, -0.15) is 0 Å². The largest absolute Gasteiger partial charge is 0.391 e.